The molecule has 2 aromatic rings. The van der Waals surface area contributed by atoms with E-state index in [9.17, 15) is 18.0 Å². The third kappa shape index (κ3) is 4.03. The zero-order chi connectivity index (χ0) is 22.4. The molecule has 1 atom stereocenters. The lowest BCUT2D eigenvalue weighted by Crippen LogP contribution is -2.41. The van der Waals surface area contributed by atoms with Crippen LogP contribution in [-0.4, -0.2) is 32.9 Å². The topological polar surface area (TPSA) is 102 Å². The average Bonchev–Trinajstić information content (AvgIpc) is 3.04. The Hall–Kier alpha value is -2.91. The number of methoxy groups -OCH3 is 1. The van der Waals surface area contributed by atoms with Gasteiger partial charge in [0.05, 0.1) is 23.7 Å². The van der Waals surface area contributed by atoms with Crippen molar-refractivity contribution >= 4 is 27.5 Å². The normalized spacial score (nSPS) is 20.4. The van der Waals surface area contributed by atoms with Crippen LogP contribution in [0.15, 0.2) is 47.4 Å². The SMILES string of the molecule is COc1ccc(S(=O)(=O)N[C@@H]2CC(C)(C)Oc3ccccc32)cc1N1C(=O)CCC1=O. The third-order valence-electron chi connectivity index (χ3n) is 5.43. The fraction of sp³-hybridized carbons (Fsp3) is 0.364. The zero-order valence-corrected chi connectivity index (χ0v) is 18.4. The Balaban J connectivity index is 1.71. The molecule has 1 N–H and O–H groups in total. The molecule has 2 aromatic carbocycles. The second-order valence-electron chi connectivity index (χ2n) is 8.23. The molecule has 0 spiro atoms. The Labute approximate surface area is 181 Å². The predicted octanol–water partition coefficient (Wildman–Crippen LogP) is 2.93. The number of fused-ring (bicyclic) bond motifs is 1. The molecule has 164 valence electrons. The molecule has 0 bridgehead atoms. The number of ether oxygens (including phenoxy) is 2. The number of nitrogens with one attached hydrogen (secondary N) is 1. The summed E-state index contributed by atoms with van der Waals surface area (Å²) in [6, 6.07) is 11.0. The summed E-state index contributed by atoms with van der Waals surface area (Å²) in [6.45, 7) is 3.81. The first-order valence-corrected chi connectivity index (χ1v) is 11.4. The number of rotatable bonds is 5. The molecule has 1 saturated heterocycles. The number of hydrogen-bond donors (Lipinski definition) is 1. The van der Waals surface area contributed by atoms with Crippen molar-refractivity contribution in [2.45, 2.75) is 49.6 Å². The molecule has 4 rings (SSSR count). The molecule has 0 radical (unpaired) electrons. The van der Waals surface area contributed by atoms with Crippen LogP contribution in [0, 0.1) is 0 Å². The number of para-hydroxylation sites is 1. The lowest BCUT2D eigenvalue weighted by molar-refractivity contribution is -0.121. The van der Waals surface area contributed by atoms with Gasteiger partial charge >= 0.3 is 0 Å². The lowest BCUT2D eigenvalue weighted by atomic mass is 9.90. The summed E-state index contributed by atoms with van der Waals surface area (Å²) in [5.41, 5.74) is 0.329. The van der Waals surface area contributed by atoms with E-state index in [1.54, 1.807) is 0 Å². The largest absolute Gasteiger partial charge is 0.495 e. The van der Waals surface area contributed by atoms with Crippen LogP contribution in [0.3, 0.4) is 0 Å². The van der Waals surface area contributed by atoms with E-state index >= 15 is 0 Å². The summed E-state index contributed by atoms with van der Waals surface area (Å²) >= 11 is 0. The fourth-order valence-corrected chi connectivity index (χ4v) is 5.25. The number of anilines is 1. The van der Waals surface area contributed by atoms with E-state index in [0.717, 1.165) is 10.5 Å². The van der Waals surface area contributed by atoms with Crippen LogP contribution in [0.25, 0.3) is 0 Å². The Morgan fingerprint density at radius 1 is 1.10 bits per heavy atom. The molecule has 8 nitrogen and oxygen atoms in total. The third-order valence-corrected chi connectivity index (χ3v) is 6.90. The monoisotopic (exact) mass is 444 g/mol. The average molecular weight is 445 g/mol. The van der Waals surface area contributed by atoms with Gasteiger partial charge in [0.15, 0.2) is 0 Å². The van der Waals surface area contributed by atoms with Gasteiger partial charge in [0.25, 0.3) is 0 Å². The number of hydrogen-bond acceptors (Lipinski definition) is 6. The first kappa shape index (κ1) is 21.3. The van der Waals surface area contributed by atoms with E-state index in [2.05, 4.69) is 4.72 Å². The van der Waals surface area contributed by atoms with Crippen LogP contribution >= 0.6 is 0 Å². The van der Waals surface area contributed by atoms with Crippen molar-refractivity contribution in [3.05, 3.63) is 48.0 Å². The van der Waals surface area contributed by atoms with Gasteiger partial charge in [-0.1, -0.05) is 18.2 Å². The van der Waals surface area contributed by atoms with E-state index in [-0.39, 0.29) is 41.0 Å². The molecular formula is C22H24N2O6S. The van der Waals surface area contributed by atoms with Gasteiger partial charge in [-0.15, -0.1) is 0 Å². The lowest BCUT2D eigenvalue weighted by Gasteiger charge is -2.37. The van der Waals surface area contributed by atoms with Crippen LogP contribution in [0.5, 0.6) is 11.5 Å². The smallest absolute Gasteiger partial charge is 0.241 e. The highest BCUT2D eigenvalue weighted by Gasteiger charge is 2.37. The minimum Gasteiger partial charge on any atom is -0.495 e. The van der Waals surface area contributed by atoms with E-state index in [1.807, 2.05) is 38.1 Å². The molecule has 31 heavy (non-hydrogen) atoms. The number of benzene rings is 2. The van der Waals surface area contributed by atoms with Gasteiger partial charge < -0.3 is 9.47 Å². The van der Waals surface area contributed by atoms with E-state index in [0.29, 0.717) is 12.2 Å². The van der Waals surface area contributed by atoms with Crippen molar-refractivity contribution in [1.82, 2.24) is 4.72 Å². The second-order valence-corrected chi connectivity index (χ2v) is 9.95. The molecular weight excluding hydrogens is 420 g/mol. The summed E-state index contributed by atoms with van der Waals surface area (Å²) in [5, 5.41) is 0. The molecule has 2 aliphatic rings. The predicted molar refractivity (Wildman–Crippen MR) is 114 cm³/mol. The number of carbonyl (C=O) groups is 2. The summed E-state index contributed by atoms with van der Waals surface area (Å²) < 4.78 is 40.5. The van der Waals surface area contributed by atoms with Crippen LogP contribution in [-0.2, 0) is 19.6 Å². The minimum atomic E-state index is -3.98. The van der Waals surface area contributed by atoms with Crippen molar-refractivity contribution in [3.8, 4) is 11.5 Å². The molecule has 9 heteroatoms. The number of nitrogens with zero attached hydrogens (tertiary/aromatic N) is 1. The Morgan fingerprint density at radius 3 is 2.45 bits per heavy atom. The first-order chi connectivity index (χ1) is 14.6. The standard InChI is InChI=1S/C22H24N2O6S/c1-22(2)13-16(15-6-4-5-7-18(15)30-22)23-31(27,28)14-8-9-19(29-3)17(12-14)24-20(25)10-11-21(24)26/h4-9,12,16,23H,10-11,13H2,1-3H3/t16-/m1/s1. The van der Waals surface area contributed by atoms with Crippen LogP contribution in [0.4, 0.5) is 5.69 Å². The molecule has 1 fully saturated rings. The van der Waals surface area contributed by atoms with Crippen molar-refractivity contribution in [2.75, 3.05) is 12.0 Å². The van der Waals surface area contributed by atoms with Gasteiger partial charge in [-0.05, 0) is 38.1 Å². The van der Waals surface area contributed by atoms with Crippen LogP contribution in [0.2, 0.25) is 0 Å². The van der Waals surface area contributed by atoms with Gasteiger partial charge in [0, 0.05) is 24.8 Å². The van der Waals surface area contributed by atoms with Crippen molar-refractivity contribution in [1.29, 1.82) is 0 Å². The van der Waals surface area contributed by atoms with E-state index in [4.69, 9.17) is 9.47 Å². The maximum absolute atomic E-state index is 13.3. The maximum atomic E-state index is 13.3. The quantitative estimate of drug-likeness (QED) is 0.712. The summed E-state index contributed by atoms with van der Waals surface area (Å²) in [7, 11) is -2.58. The molecule has 0 aliphatic carbocycles. The maximum Gasteiger partial charge on any atom is 0.241 e. The minimum absolute atomic E-state index is 0.0578. The number of sulfonamides is 1. The first-order valence-electron chi connectivity index (χ1n) is 9.95. The Bertz CT molecular complexity index is 1140. The van der Waals surface area contributed by atoms with Gasteiger partial charge in [0.2, 0.25) is 21.8 Å². The summed E-state index contributed by atoms with van der Waals surface area (Å²) in [6.07, 6.45) is 0.617. The zero-order valence-electron chi connectivity index (χ0n) is 17.5. The van der Waals surface area contributed by atoms with Gasteiger partial charge in [-0.25, -0.2) is 18.0 Å². The number of amides is 2. The van der Waals surface area contributed by atoms with Gasteiger partial charge in [-0.2, -0.15) is 0 Å². The Kier molecular flexibility index (Phi) is 5.26. The number of carbonyl (C=O) groups excluding carboxylic acids is 2. The van der Waals surface area contributed by atoms with Gasteiger partial charge in [-0.3, -0.25) is 9.59 Å². The van der Waals surface area contributed by atoms with E-state index in [1.165, 1.54) is 25.3 Å². The highest BCUT2D eigenvalue weighted by molar-refractivity contribution is 7.89. The molecule has 0 unspecified atom stereocenters. The molecule has 0 aromatic heterocycles. The molecule has 2 amide bonds. The highest BCUT2D eigenvalue weighted by atomic mass is 32.2. The molecule has 2 aliphatic heterocycles. The van der Waals surface area contributed by atoms with Crippen molar-refractivity contribution in [3.63, 3.8) is 0 Å². The molecule has 2 heterocycles. The van der Waals surface area contributed by atoms with Crippen molar-refractivity contribution < 1.29 is 27.5 Å². The summed E-state index contributed by atoms with van der Waals surface area (Å²) in [5.74, 6) is 0.118. The number of imide groups is 1. The molecule has 0 saturated carbocycles. The van der Waals surface area contributed by atoms with Crippen molar-refractivity contribution in [2.24, 2.45) is 0 Å². The highest BCUT2D eigenvalue weighted by Crippen LogP contribution is 2.40. The second kappa shape index (κ2) is 7.65. The Morgan fingerprint density at radius 2 is 1.77 bits per heavy atom. The van der Waals surface area contributed by atoms with Gasteiger partial charge in [0.1, 0.15) is 17.1 Å². The summed E-state index contributed by atoms with van der Waals surface area (Å²) in [4.78, 5) is 25.4. The van der Waals surface area contributed by atoms with Crippen LogP contribution < -0.4 is 19.1 Å². The van der Waals surface area contributed by atoms with Crippen LogP contribution in [0.1, 0.15) is 44.7 Å². The fourth-order valence-electron chi connectivity index (χ4n) is 4.02. The van der Waals surface area contributed by atoms with E-state index < -0.39 is 21.7 Å².